The first-order valence-corrected chi connectivity index (χ1v) is 7.62. The molecule has 0 bridgehead atoms. The number of hydrogen-bond donors (Lipinski definition) is 1. The molecule has 0 aromatic carbocycles. The zero-order valence-corrected chi connectivity index (χ0v) is 12.1. The minimum absolute atomic E-state index is 0.339. The quantitative estimate of drug-likeness (QED) is 0.761. The van der Waals surface area contributed by atoms with E-state index < -0.39 is 5.60 Å². The first kappa shape index (κ1) is 14.1. The summed E-state index contributed by atoms with van der Waals surface area (Å²) in [7, 11) is 0. The molecule has 2 fully saturated rings. The van der Waals surface area contributed by atoms with Gasteiger partial charge in [0.2, 0.25) is 0 Å². The third kappa shape index (κ3) is 3.16. The van der Waals surface area contributed by atoms with Gasteiger partial charge in [0.05, 0.1) is 5.60 Å². The predicted octanol–water partition coefficient (Wildman–Crippen LogP) is 3.36. The Kier molecular flexibility index (Phi) is 4.50. The standard InChI is InChI=1S/C16H29NO/c1-13(2)14-8-9-16(3,18)15(12-14)17-10-6-4-5-7-11-17/h14-15,18H,1,4-12H2,2-3H3/t14-,15+,16+/m0/s1. The second kappa shape index (κ2) is 5.75. The second-order valence-corrected chi connectivity index (χ2v) is 6.64. The monoisotopic (exact) mass is 251 g/mol. The number of allylic oxidation sites excluding steroid dienone is 1. The molecule has 1 aliphatic heterocycles. The van der Waals surface area contributed by atoms with Crippen LogP contribution < -0.4 is 0 Å². The van der Waals surface area contributed by atoms with Crippen LogP contribution in [0.2, 0.25) is 0 Å². The summed E-state index contributed by atoms with van der Waals surface area (Å²) < 4.78 is 0. The topological polar surface area (TPSA) is 23.5 Å². The Morgan fingerprint density at radius 1 is 1.22 bits per heavy atom. The van der Waals surface area contributed by atoms with Gasteiger partial charge >= 0.3 is 0 Å². The van der Waals surface area contributed by atoms with E-state index in [1.807, 2.05) is 6.92 Å². The van der Waals surface area contributed by atoms with Crippen molar-refractivity contribution in [3.63, 3.8) is 0 Å². The number of aliphatic hydroxyl groups is 1. The van der Waals surface area contributed by atoms with Crippen molar-refractivity contribution >= 4 is 0 Å². The Bertz CT molecular complexity index is 289. The fourth-order valence-corrected chi connectivity index (χ4v) is 3.67. The summed E-state index contributed by atoms with van der Waals surface area (Å²) >= 11 is 0. The van der Waals surface area contributed by atoms with E-state index in [0.717, 1.165) is 19.3 Å². The SMILES string of the molecule is C=C(C)[C@H]1CC[C@@](C)(O)[C@H](N2CCCCCC2)C1. The number of likely N-dealkylation sites (tertiary alicyclic amines) is 1. The van der Waals surface area contributed by atoms with Gasteiger partial charge in [0.1, 0.15) is 0 Å². The zero-order valence-electron chi connectivity index (χ0n) is 12.1. The first-order chi connectivity index (χ1) is 8.50. The van der Waals surface area contributed by atoms with Crippen LogP contribution in [0.3, 0.4) is 0 Å². The lowest BCUT2D eigenvalue weighted by molar-refractivity contribution is -0.0684. The van der Waals surface area contributed by atoms with Gasteiger partial charge < -0.3 is 5.11 Å². The lowest BCUT2D eigenvalue weighted by Crippen LogP contribution is -2.54. The van der Waals surface area contributed by atoms with Crippen LogP contribution in [0, 0.1) is 5.92 Å². The maximum Gasteiger partial charge on any atom is 0.0774 e. The van der Waals surface area contributed by atoms with Crippen LogP contribution in [0.15, 0.2) is 12.2 Å². The average Bonchev–Trinajstić information content (AvgIpc) is 2.56. The number of hydrogen-bond acceptors (Lipinski definition) is 2. The molecule has 2 heteroatoms. The molecule has 0 spiro atoms. The van der Waals surface area contributed by atoms with Gasteiger partial charge in [-0.2, -0.15) is 0 Å². The van der Waals surface area contributed by atoms with E-state index in [9.17, 15) is 5.11 Å². The van der Waals surface area contributed by atoms with Crippen molar-refractivity contribution in [1.82, 2.24) is 4.90 Å². The molecule has 2 rings (SSSR count). The summed E-state index contributed by atoms with van der Waals surface area (Å²) in [6.07, 6.45) is 8.43. The molecule has 3 atom stereocenters. The molecule has 1 saturated carbocycles. The van der Waals surface area contributed by atoms with Crippen LogP contribution in [0.1, 0.15) is 58.8 Å². The van der Waals surface area contributed by atoms with Crippen molar-refractivity contribution in [2.24, 2.45) is 5.92 Å². The highest BCUT2D eigenvalue weighted by Crippen LogP contribution is 2.38. The van der Waals surface area contributed by atoms with Crippen LogP contribution in [-0.2, 0) is 0 Å². The Morgan fingerprint density at radius 3 is 2.39 bits per heavy atom. The Morgan fingerprint density at radius 2 is 1.83 bits per heavy atom. The highest BCUT2D eigenvalue weighted by atomic mass is 16.3. The Labute approximate surface area is 112 Å². The minimum Gasteiger partial charge on any atom is -0.389 e. The summed E-state index contributed by atoms with van der Waals surface area (Å²) in [6, 6.07) is 0.339. The molecule has 2 nitrogen and oxygen atoms in total. The molecule has 1 N–H and O–H groups in total. The van der Waals surface area contributed by atoms with Crippen molar-refractivity contribution in [2.75, 3.05) is 13.1 Å². The van der Waals surface area contributed by atoms with Crippen LogP contribution in [0.4, 0.5) is 0 Å². The van der Waals surface area contributed by atoms with Gasteiger partial charge in [0.15, 0.2) is 0 Å². The maximum atomic E-state index is 10.7. The Hall–Kier alpha value is -0.340. The fourth-order valence-electron chi connectivity index (χ4n) is 3.67. The van der Waals surface area contributed by atoms with E-state index in [1.165, 1.54) is 44.3 Å². The van der Waals surface area contributed by atoms with E-state index in [2.05, 4.69) is 18.4 Å². The summed E-state index contributed by atoms with van der Waals surface area (Å²) in [5.41, 5.74) is 0.793. The van der Waals surface area contributed by atoms with Gasteiger partial charge in [-0.05, 0) is 65.0 Å². The third-order valence-corrected chi connectivity index (χ3v) is 5.00. The fraction of sp³-hybridized carbons (Fsp3) is 0.875. The number of rotatable bonds is 2. The molecule has 2 aliphatic rings. The lowest BCUT2D eigenvalue weighted by atomic mass is 9.73. The smallest absolute Gasteiger partial charge is 0.0774 e. The van der Waals surface area contributed by atoms with Crippen LogP contribution in [0.25, 0.3) is 0 Å². The second-order valence-electron chi connectivity index (χ2n) is 6.64. The summed E-state index contributed by atoms with van der Waals surface area (Å²) in [5.74, 6) is 0.610. The molecular formula is C16H29NO. The van der Waals surface area contributed by atoms with E-state index in [4.69, 9.17) is 0 Å². The molecule has 0 unspecified atom stereocenters. The van der Waals surface area contributed by atoms with E-state index >= 15 is 0 Å². The van der Waals surface area contributed by atoms with Crippen molar-refractivity contribution in [1.29, 1.82) is 0 Å². The first-order valence-electron chi connectivity index (χ1n) is 7.62. The predicted molar refractivity (Wildman–Crippen MR) is 76.6 cm³/mol. The molecule has 104 valence electrons. The molecule has 18 heavy (non-hydrogen) atoms. The molecule has 1 heterocycles. The van der Waals surface area contributed by atoms with E-state index in [-0.39, 0.29) is 0 Å². The maximum absolute atomic E-state index is 10.7. The normalized spacial score (nSPS) is 39.3. The summed E-state index contributed by atoms with van der Waals surface area (Å²) in [4.78, 5) is 2.56. The van der Waals surface area contributed by atoms with Crippen molar-refractivity contribution < 1.29 is 5.11 Å². The van der Waals surface area contributed by atoms with Crippen molar-refractivity contribution in [2.45, 2.75) is 70.4 Å². The molecular weight excluding hydrogens is 222 g/mol. The highest BCUT2D eigenvalue weighted by Gasteiger charge is 2.41. The molecule has 0 radical (unpaired) electrons. The average molecular weight is 251 g/mol. The minimum atomic E-state index is -0.504. The van der Waals surface area contributed by atoms with Gasteiger partial charge in [-0.3, -0.25) is 4.90 Å². The van der Waals surface area contributed by atoms with Gasteiger partial charge in [-0.1, -0.05) is 25.0 Å². The van der Waals surface area contributed by atoms with Gasteiger partial charge in [-0.25, -0.2) is 0 Å². The molecule has 0 aromatic rings. The van der Waals surface area contributed by atoms with Crippen LogP contribution in [-0.4, -0.2) is 34.7 Å². The molecule has 1 saturated heterocycles. The van der Waals surface area contributed by atoms with Crippen LogP contribution >= 0.6 is 0 Å². The highest BCUT2D eigenvalue weighted by molar-refractivity contribution is 5.05. The van der Waals surface area contributed by atoms with E-state index in [0.29, 0.717) is 12.0 Å². The number of nitrogens with zero attached hydrogens (tertiary/aromatic N) is 1. The largest absolute Gasteiger partial charge is 0.389 e. The van der Waals surface area contributed by atoms with Gasteiger partial charge in [0.25, 0.3) is 0 Å². The van der Waals surface area contributed by atoms with Crippen molar-refractivity contribution in [3.05, 3.63) is 12.2 Å². The third-order valence-electron chi connectivity index (χ3n) is 5.00. The lowest BCUT2D eigenvalue weighted by Gasteiger charge is -2.46. The Balaban J connectivity index is 2.07. The molecule has 0 aromatic heterocycles. The zero-order chi connectivity index (χ0) is 13.2. The van der Waals surface area contributed by atoms with Gasteiger partial charge in [0, 0.05) is 6.04 Å². The van der Waals surface area contributed by atoms with Crippen LogP contribution in [0.5, 0.6) is 0 Å². The molecule has 1 aliphatic carbocycles. The summed E-state index contributed by atoms with van der Waals surface area (Å²) in [5, 5.41) is 10.7. The van der Waals surface area contributed by atoms with Crippen molar-refractivity contribution in [3.8, 4) is 0 Å². The van der Waals surface area contributed by atoms with Gasteiger partial charge in [-0.15, -0.1) is 0 Å². The van der Waals surface area contributed by atoms with E-state index in [1.54, 1.807) is 0 Å². The summed E-state index contributed by atoms with van der Waals surface area (Å²) in [6.45, 7) is 10.6. The molecule has 0 amide bonds.